The number of benzene rings is 1. The minimum Gasteiger partial charge on any atom is -0.298 e. The first-order valence-electron chi connectivity index (χ1n) is 10.6. The van der Waals surface area contributed by atoms with Gasteiger partial charge in [-0.05, 0) is 56.5 Å². The van der Waals surface area contributed by atoms with Crippen LogP contribution < -0.4 is 0 Å². The highest BCUT2D eigenvalue weighted by atomic mass is 32.2. The van der Waals surface area contributed by atoms with Crippen molar-refractivity contribution in [2.75, 3.05) is 33.2 Å². The third kappa shape index (κ3) is 4.12. The molecule has 0 bridgehead atoms. The van der Waals surface area contributed by atoms with Crippen molar-refractivity contribution in [1.29, 1.82) is 0 Å². The van der Waals surface area contributed by atoms with Gasteiger partial charge in [0.1, 0.15) is 0 Å². The monoisotopic (exact) mass is 441 g/mol. The predicted molar refractivity (Wildman–Crippen MR) is 112 cm³/mol. The number of nitrogens with zero attached hydrogens (tertiary/aromatic N) is 3. The van der Waals surface area contributed by atoms with Crippen molar-refractivity contribution < 1.29 is 16.8 Å². The molecule has 0 aromatic heterocycles. The van der Waals surface area contributed by atoms with Crippen LogP contribution in [0.1, 0.15) is 44.9 Å². The van der Waals surface area contributed by atoms with E-state index < -0.39 is 20.0 Å². The molecule has 9 heteroatoms. The van der Waals surface area contributed by atoms with Crippen molar-refractivity contribution >= 4 is 20.0 Å². The molecule has 1 atom stereocenters. The third-order valence-corrected chi connectivity index (χ3v) is 10.6. The third-order valence-electron chi connectivity index (χ3n) is 6.78. The molecule has 2 saturated heterocycles. The molecule has 1 aromatic carbocycles. The van der Waals surface area contributed by atoms with Crippen molar-refractivity contribution in [1.82, 2.24) is 13.5 Å². The standard InChI is InChI=1S/C20H31N3O4S2/c1-21(17-6-3-2-4-7-17)28(24,25)19-9-11-20(12-10-19)29(26,27)23-15-14-22-13-5-8-18(22)16-23/h9-12,17-18H,2-8,13-16H2,1H3. The summed E-state index contributed by atoms with van der Waals surface area (Å²) in [5.41, 5.74) is 0. The Morgan fingerprint density at radius 3 is 2.17 bits per heavy atom. The van der Waals surface area contributed by atoms with E-state index in [-0.39, 0.29) is 15.8 Å². The molecule has 0 spiro atoms. The highest BCUT2D eigenvalue weighted by Crippen LogP contribution is 2.29. The lowest BCUT2D eigenvalue weighted by atomic mass is 9.96. The summed E-state index contributed by atoms with van der Waals surface area (Å²) in [5, 5.41) is 0. The Bertz CT molecular complexity index is 925. The molecule has 1 aromatic rings. The summed E-state index contributed by atoms with van der Waals surface area (Å²) < 4.78 is 55.1. The first-order valence-corrected chi connectivity index (χ1v) is 13.5. The van der Waals surface area contributed by atoms with E-state index in [0.717, 1.165) is 58.0 Å². The summed E-state index contributed by atoms with van der Waals surface area (Å²) in [6.07, 6.45) is 7.19. The lowest BCUT2D eigenvalue weighted by molar-refractivity contribution is 0.158. The van der Waals surface area contributed by atoms with Crippen molar-refractivity contribution in [2.45, 2.75) is 66.8 Å². The second-order valence-electron chi connectivity index (χ2n) is 8.48. The maximum absolute atomic E-state index is 13.1. The molecule has 4 rings (SSSR count). The molecule has 3 aliphatic rings. The van der Waals surface area contributed by atoms with Crippen LogP contribution in [0.5, 0.6) is 0 Å². The Morgan fingerprint density at radius 1 is 0.828 bits per heavy atom. The summed E-state index contributed by atoms with van der Waals surface area (Å²) in [6, 6.07) is 6.10. The van der Waals surface area contributed by atoms with E-state index in [4.69, 9.17) is 0 Å². The summed E-state index contributed by atoms with van der Waals surface area (Å²) in [6.45, 7) is 2.83. The first kappa shape index (κ1) is 21.2. The van der Waals surface area contributed by atoms with Gasteiger partial charge in [-0.3, -0.25) is 4.90 Å². The van der Waals surface area contributed by atoms with Gasteiger partial charge in [0.25, 0.3) is 0 Å². The number of rotatable bonds is 5. The molecule has 7 nitrogen and oxygen atoms in total. The molecule has 2 heterocycles. The van der Waals surface area contributed by atoms with Crippen molar-refractivity contribution in [3.63, 3.8) is 0 Å². The van der Waals surface area contributed by atoms with E-state index >= 15 is 0 Å². The topological polar surface area (TPSA) is 78.0 Å². The molecule has 29 heavy (non-hydrogen) atoms. The average molecular weight is 442 g/mol. The van der Waals surface area contributed by atoms with E-state index in [1.807, 2.05) is 0 Å². The molecule has 0 radical (unpaired) electrons. The molecule has 0 N–H and O–H groups in total. The highest BCUT2D eigenvalue weighted by Gasteiger charge is 2.36. The van der Waals surface area contributed by atoms with Crippen LogP contribution in [0, 0.1) is 0 Å². The second kappa shape index (κ2) is 8.26. The Balaban J connectivity index is 1.50. The fourth-order valence-corrected chi connectivity index (χ4v) is 7.81. The van der Waals surface area contributed by atoms with Gasteiger partial charge in [0.2, 0.25) is 20.0 Å². The minimum absolute atomic E-state index is 0.0277. The van der Waals surface area contributed by atoms with Crippen LogP contribution in [0.25, 0.3) is 0 Å². The van der Waals surface area contributed by atoms with E-state index in [0.29, 0.717) is 19.1 Å². The molecule has 1 saturated carbocycles. The molecular formula is C20H31N3O4S2. The van der Waals surface area contributed by atoms with E-state index in [2.05, 4.69) is 4.90 Å². The average Bonchev–Trinajstić information content (AvgIpc) is 3.22. The van der Waals surface area contributed by atoms with Crippen molar-refractivity contribution in [3.05, 3.63) is 24.3 Å². The lowest BCUT2D eigenvalue weighted by Gasteiger charge is -2.36. The Labute approximate surface area is 174 Å². The van der Waals surface area contributed by atoms with Crippen molar-refractivity contribution in [3.8, 4) is 0 Å². The zero-order valence-corrected chi connectivity index (χ0v) is 18.7. The quantitative estimate of drug-likeness (QED) is 0.699. The summed E-state index contributed by atoms with van der Waals surface area (Å²) in [7, 11) is -5.59. The van der Waals surface area contributed by atoms with Gasteiger partial charge < -0.3 is 0 Å². The number of sulfonamides is 2. The van der Waals surface area contributed by atoms with Crippen LogP contribution in [0.2, 0.25) is 0 Å². The normalized spacial score (nSPS) is 25.4. The highest BCUT2D eigenvalue weighted by molar-refractivity contribution is 7.89. The Kier molecular flexibility index (Phi) is 6.05. The number of hydrogen-bond acceptors (Lipinski definition) is 5. The molecule has 162 valence electrons. The first-order chi connectivity index (χ1) is 13.8. The minimum atomic E-state index is -3.62. The van der Waals surface area contributed by atoms with Crippen LogP contribution in [-0.2, 0) is 20.0 Å². The predicted octanol–water partition coefficient (Wildman–Crippen LogP) is 2.11. The van der Waals surface area contributed by atoms with Gasteiger partial charge >= 0.3 is 0 Å². The van der Waals surface area contributed by atoms with Crippen LogP contribution >= 0.6 is 0 Å². The van der Waals surface area contributed by atoms with E-state index in [9.17, 15) is 16.8 Å². The lowest BCUT2D eigenvalue weighted by Crippen LogP contribution is -2.51. The Hall–Kier alpha value is -1.00. The molecule has 1 unspecified atom stereocenters. The SMILES string of the molecule is CN(C1CCCCC1)S(=O)(=O)c1ccc(S(=O)(=O)N2CCN3CCCC3C2)cc1. The number of fused-ring (bicyclic) bond motifs is 1. The summed E-state index contributed by atoms with van der Waals surface area (Å²) in [4.78, 5) is 2.69. The maximum Gasteiger partial charge on any atom is 0.243 e. The van der Waals surface area contributed by atoms with E-state index in [1.165, 1.54) is 28.6 Å². The van der Waals surface area contributed by atoms with Gasteiger partial charge in [-0.2, -0.15) is 8.61 Å². The smallest absolute Gasteiger partial charge is 0.243 e. The van der Waals surface area contributed by atoms with Crippen LogP contribution in [-0.4, -0.2) is 75.7 Å². The Morgan fingerprint density at radius 2 is 1.48 bits per heavy atom. The fourth-order valence-electron chi connectivity index (χ4n) is 4.92. The second-order valence-corrected chi connectivity index (χ2v) is 12.4. The van der Waals surface area contributed by atoms with Gasteiger partial charge in [0.15, 0.2) is 0 Å². The fraction of sp³-hybridized carbons (Fsp3) is 0.700. The van der Waals surface area contributed by atoms with Gasteiger partial charge in [0, 0.05) is 38.8 Å². The zero-order chi connectivity index (χ0) is 20.6. The molecule has 3 fully saturated rings. The van der Waals surface area contributed by atoms with Gasteiger partial charge in [-0.15, -0.1) is 0 Å². The van der Waals surface area contributed by atoms with Crippen LogP contribution in [0.3, 0.4) is 0 Å². The number of hydrogen-bond donors (Lipinski definition) is 0. The van der Waals surface area contributed by atoms with Gasteiger partial charge in [-0.1, -0.05) is 19.3 Å². The van der Waals surface area contributed by atoms with E-state index in [1.54, 1.807) is 11.4 Å². The summed E-state index contributed by atoms with van der Waals surface area (Å²) in [5.74, 6) is 0. The van der Waals surface area contributed by atoms with Crippen LogP contribution in [0.4, 0.5) is 0 Å². The zero-order valence-electron chi connectivity index (χ0n) is 17.0. The summed E-state index contributed by atoms with van der Waals surface area (Å²) >= 11 is 0. The molecular weight excluding hydrogens is 410 g/mol. The molecule has 1 aliphatic carbocycles. The van der Waals surface area contributed by atoms with Crippen LogP contribution in [0.15, 0.2) is 34.1 Å². The maximum atomic E-state index is 13.1. The molecule has 2 aliphatic heterocycles. The molecule has 0 amide bonds. The van der Waals surface area contributed by atoms with Gasteiger partial charge in [-0.25, -0.2) is 16.8 Å². The largest absolute Gasteiger partial charge is 0.298 e. The van der Waals surface area contributed by atoms with Gasteiger partial charge in [0.05, 0.1) is 9.79 Å². The number of piperazine rings is 1. The van der Waals surface area contributed by atoms with Crippen molar-refractivity contribution in [2.24, 2.45) is 0 Å².